The molecule has 0 aliphatic carbocycles. The highest BCUT2D eigenvalue weighted by atomic mass is 32.2. The summed E-state index contributed by atoms with van der Waals surface area (Å²) in [4.78, 5) is 0.244. The lowest BCUT2D eigenvalue weighted by molar-refractivity contribution is 0.385. The maximum atomic E-state index is 12.1. The quantitative estimate of drug-likeness (QED) is 0.890. The molecule has 0 amide bonds. The van der Waals surface area contributed by atoms with E-state index in [1.807, 2.05) is 0 Å². The Balaban J connectivity index is 2.54. The summed E-state index contributed by atoms with van der Waals surface area (Å²) in [6, 6.07) is 3.69. The van der Waals surface area contributed by atoms with Crippen LogP contribution in [0.25, 0.3) is 0 Å². The van der Waals surface area contributed by atoms with Gasteiger partial charge in [-0.1, -0.05) is 0 Å². The van der Waals surface area contributed by atoms with Gasteiger partial charge in [0, 0.05) is 17.9 Å². The number of sulfone groups is 1. The Kier molecular flexibility index (Phi) is 4.55. The first-order chi connectivity index (χ1) is 9.47. The summed E-state index contributed by atoms with van der Waals surface area (Å²) in [7, 11) is -0.348. The van der Waals surface area contributed by atoms with Crippen molar-refractivity contribution in [2.45, 2.75) is 30.2 Å². The largest absolute Gasteiger partial charge is 0.496 e. The van der Waals surface area contributed by atoms with Crippen LogP contribution >= 0.6 is 0 Å². The molecule has 6 heteroatoms. The van der Waals surface area contributed by atoms with Crippen LogP contribution in [0, 0.1) is 0 Å². The monoisotopic (exact) mass is 299 g/mol. The molecule has 0 saturated carbocycles. The lowest BCUT2D eigenvalue weighted by Gasteiger charge is -2.18. The van der Waals surface area contributed by atoms with Crippen molar-refractivity contribution in [1.82, 2.24) is 5.32 Å². The minimum atomic E-state index is -3.38. The van der Waals surface area contributed by atoms with E-state index in [1.54, 1.807) is 19.2 Å². The Morgan fingerprint density at radius 3 is 2.40 bits per heavy atom. The van der Waals surface area contributed by atoms with Gasteiger partial charge in [0.1, 0.15) is 16.4 Å². The average Bonchev–Trinajstić information content (AvgIpc) is 2.89. The summed E-state index contributed by atoms with van der Waals surface area (Å²) in [5, 5.41) is 3.38. The molecule has 1 N–H and O–H groups in total. The van der Waals surface area contributed by atoms with Gasteiger partial charge in [0.15, 0.2) is 9.84 Å². The van der Waals surface area contributed by atoms with Crippen molar-refractivity contribution in [3.8, 4) is 11.5 Å². The van der Waals surface area contributed by atoms with E-state index in [-0.39, 0.29) is 10.9 Å². The lowest BCUT2D eigenvalue weighted by atomic mass is 10.0. The lowest BCUT2D eigenvalue weighted by Crippen LogP contribution is -2.25. The van der Waals surface area contributed by atoms with E-state index in [9.17, 15) is 8.42 Å². The van der Waals surface area contributed by atoms with Crippen molar-refractivity contribution >= 4 is 9.84 Å². The summed E-state index contributed by atoms with van der Waals surface area (Å²) in [6.07, 6.45) is 3.99. The highest BCUT2D eigenvalue weighted by molar-refractivity contribution is 7.90. The molecule has 0 radical (unpaired) electrons. The van der Waals surface area contributed by atoms with Crippen molar-refractivity contribution in [1.29, 1.82) is 0 Å². The Labute approximate surface area is 120 Å². The molecule has 0 spiro atoms. The van der Waals surface area contributed by atoms with E-state index in [2.05, 4.69) is 5.32 Å². The molecule has 20 heavy (non-hydrogen) atoms. The van der Waals surface area contributed by atoms with Crippen LogP contribution in [0.15, 0.2) is 17.0 Å². The molecule has 0 bridgehead atoms. The molecule has 1 atom stereocenters. The number of rotatable bonds is 5. The summed E-state index contributed by atoms with van der Waals surface area (Å²) in [6.45, 7) is 0.977. The smallest absolute Gasteiger partial charge is 0.179 e. The molecule has 1 saturated heterocycles. The van der Waals surface area contributed by atoms with Crippen molar-refractivity contribution in [2.75, 3.05) is 27.0 Å². The third kappa shape index (κ3) is 3.07. The topological polar surface area (TPSA) is 64.6 Å². The van der Waals surface area contributed by atoms with Crippen molar-refractivity contribution in [3.05, 3.63) is 17.7 Å². The number of nitrogens with one attached hydrogen (secondary N) is 1. The van der Waals surface area contributed by atoms with Crippen molar-refractivity contribution < 1.29 is 17.9 Å². The molecular formula is C14H21NO4S. The zero-order valence-electron chi connectivity index (χ0n) is 12.1. The molecule has 1 aromatic carbocycles. The second-order valence-corrected chi connectivity index (χ2v) is 7.00. The van der Waals surface area contributed by atoms with Crippen LogP contribution < -0.4 is 14.8 Å². The van der Waals surface area contributed by atoms with Crippen LogP contribution in [0.4, 0.5) is 0 Å². The minimum absolute atomic E-state index is 0.244. The molecule has 1 aliphatic rings. The number of benzene rings is 1. The highest BCUT2D eigenvalue weighted by Crippen LogP contribution is 2.35. The van der Waals surface area contributed by atoms with Gasteiger partial charge in [0.05, 0.1) is 14.2 Å². The fraction of sp³-hybridized carbons (Fsp3) is 0.571. The Morgan fingerprint density at radius 1 is 1.25 bits per heavy atom. The zero-order chi connectivity index (χ0) is 14.8. The average molecular weight is 299 g/mol. The van der Waals surface area contributed by atoms with E-state index in [0.29, 0.717) is 23.5 Å². The van der Waals surface area contributed by atoms with E-state index in [1.165, 1.54) is 13.4 Å². The molecule has 1 heterocycles. The Hall–Kier alpha value is -1.27. The zero-order valence-corrected chi connectivity index (χ0v) is 12.9. The molecule has 1 fully saturated rings. The summed E-state index contributed by atoms with van der Waals surface area (Å²) < 4.78 is 34.8. The predicted molar refractivity (Wildman–Crippen MR) is 77.4 cm³/mol. The van der Waals surface area contributed by atoms with Crippen LogP contribution in [0.1, 0.15) is 18.4 Å². The van der Waals surface area contributed by atoms with E-state index in [0.717, 1.165) is 19.4 Å². The summed E-state index contributed by atoms with van der Waals surface area (Å²) in [5.41, 5.74) is 0.703. The molecule has 112 valence electrons. The van der Waals surface area contributed by atoms with Gasteiger partial charge in [-0.3, -0.25) is 0 Å². The van der Waals surface area contributed by atoms with Gasteiger partial charge in [-0.15, -0.1) is 0 Å². The first-order valence-corrected chi connectivity index (χ1v) is 8.53. The molecule has 5 nitrogen and oxygen atoms in total. The maximum Gasteiger partial charge on any atom is 0.179 e. The fourth-order valence-electron chi connectivity index (χ4n) is 2.72. The molecule has 2 rings (SSSR count). The fourth-order valence-corrected chi connectivity index (χ4v) is 3.87. The number of ether oxygens (including phenoxy) is 2. The predicted octanol–water partition coefficient (Wildman–Crippen LogP) is 1.40. The maximum absolute atomic E-state index is 12.1. The van der Waals surface area contributed by atoms with E-state index >= 15 is 0 Å². The Morgan fingerprint density at radius 2 is 1.90 bits per heavy atom. The highest BCUT2D eigenvalue weighted by Gasteiger charge is 2.26. The van der Waals surface area contributed by atoms with Crippen LogP contribution in [-0.4, -0.2) is 41.5 Å². The van der Waals surface area contributed by atoms with Gasteiger partial charge >= 0.3 is 0 Å². The van der Waals surface area contributed by atoms with Crippen LogP contribution in [0.5, 0.6) is 11.5 Å². The molecule has 1 aliphatic heterocycles. The summed E-state index contributed by atoms with van der Waals surface area (Å²) >= 11 is 0. The first-order valence-electron chi connectivity index (χ1n) is 6.64. The SMILES string of the molecule is COc1ccc(OC)c(S(C)(=O)=O)c1CC1CCCN1. The van der Waals surface area contributed by atoms with Gasteiger partial charge < -0.3 is 14.8 Å². The van der Waals surface area contributed by atoms with E-state index in [4.69, 9.17) is 9.47 Å². The summed E-state index contributed by atoms with van der Waals surface area (Å²) in [5.74, 6) is 0.973. The number of hydrogen-bond acceptors (Lipinski definition) is 5. The first kappa shape index (κ1) is 15.1. The van der Waals surface area contributed by atoms with Crippen LogP contribution in [-0.2, 0) is 16.3 Å². The number of hydrogen-bond donors (Lipinski definition) is 1. The minimum Gasteiger partial charge on any atom is -0.496 e. The van der Waals surface area contributed by atoms with Gasteiger partial charge in [-0.05, 0) is 37.9 Å². The second-order valence-electron chi connectivity index (χ2n) is 5.05. The van der Waals surface area contributed by atoms with Gasteiger partial charge in [0.25, 0.3) is 0 Å². The normalized spacial score (nSPS) is 19.1. The van der Waals surface area contributed by atoms with Gasteiger partial charge in [0.2, 0.25) is 0 Å². The molecule has 0 aromatic heterocycles. The van der Waals surface area contributed by atoms with Crippen LogP contribution in [0.2, 0.25) is 0 Å². The Bertz CT molecular complexity index is 577. The number of methoxy groups -OCH3 is 2. The standard InChI is InChI=1S/C14H21NO4S/c1-18-12-6-7-13(19-2)14(20(3,16)17)11(12)9-10-5-4-8-15-10/h6-7,10,15H,4-5,8-9H2,1-3H3. The molecule has 1 unspecified atom stereocenters. The molecule has 1 aromatic rings. The third-order valence-corrected chi connectivity index (χ3v) is 4.79. The van der Waals surface area contributed by atoms with Crippen molar-refractivity contribution in [2.24, 2.45) is 0 Å². The molecular weight excluding hydrogens is 278 g/mol. The van der Waals surface area contributed by atoms with Crippen LogP contribution in [0.3, 0.4) is 0 Å². The van der Waals surface area contributed by atoms with Crippen molar-refractivity contribution in [3.63, 3.8) is 0 Å². The third-order valence-electron chi connectivity index (χ3n) is 3.60. The van der Waals surface area contributed by atoms with E-state index < -0.39 is 9.84 Å². The second kappa shape index (κ2) is 6.01. The van der Waals surface area contributed by atoms with Gasteiger partial charge in [-0.2, -0.15) is 0 Å². The van der Waals surface area contributed by atoms with Gasteiger partial charge in [-0.25, -0.2) is 8.42 Å².